The molecular weight excluding hydrogens is 246 g/mol. The van der Waals surface area contributed by atoms with E-state index >= 15 is 0 Å². The van der Waals surface area contributed by atoms with Gasteiger partial charge in [-0.25, -0.2) is 0 Å². The zero-order valence-corrected chi connectivity index (χ0v) is 11.9. The van der Waals surface area contributed by atoms with Crippen LogP contribution in [-0.2, 0) is 14.3 Å². The number of amides is 1. The first-order valence-electron chi connectivity index (χ1n) is 7.10. The average Bonchev–Trinajstić information content (AvgIpc) is 2.85. The van der Waals surface area contributed by atoms with Gasteiger partial charge in [-0.15, -0.1) is 0 Å². The lowest BCUT2D eigenvalue weighted by molar-refractivity contribution is -0.141. The largest absolute Gasteiger partial charge is 0.481 e. The lowest BCUT2D eigenvalue weighted by atomic mass is 9.82. The van der Waals surface area contributed by atoms with Gasteiger partial charge in [-0.05, 0) is 26.2 Å². The van der Waals surface area contributed by atoms with E-state index in [1.807, 2.05) is 6.92 Å². The smallest absolute Gasteiger partial charge is 0.308 e. The van der Waals surface area contributed by atoms with Gasteiger partial charge < -0.3 is 15.2 Å². The highest BCUT2D eigenvalue weighted by atomic mass is 16.5. The Morgan fingerprint density at radius 1 is 1.37 bits per heavy atom. The molecule has 110 valence electrons. The maximum atomic E-state index is 12.3. The summed E-state index contributed by atoms with van der Waals surface area (Å²) in [5.41, 5.74) is -0.340. The minimum Gasteiger partial charge on any atom is -0.481 e. The summed E-state index contributed by atoms with van der Waals surface area (Å²) in [4.78, 5) is 23.1. The van der Waals surface area contributed by atoms with Crippen LogP contribution < -0.4 is 5.32 Å². The van der Waals surface area contributed by atoms with Crippen molar-refractivity contribution < 1.29 is 19.4 Å². The third kappa shape index (κ3) is 4.49. The van der Waals surface area contributed by atoms with Crippen molar-refractivity contribution in [2.24, 2.45) is 11.3 Å². The molecule has 0 aromatic carbocycles. The van der Waals surface area contributed by atoms with E-state index in [4.69, 9.17) is 9.84 Å². The minimum absolute atomic E-state index is 0.00203. The molecule has 2 N–H and O–H groups in total. The molecule has 1 aliphatic carbocycles. The summed E-state index contributed by atoms with van der Waals surface area (Å²) in [5.74, 6) is -1.43. The number of carboxylic acid groups (broad SMARTS) is 1. The highest BCUT2D eigenvalue weighted by Crippen LogP contribution is 2.41. The predicted octanol–water partition coefficient (Wildman–Crippen LogP) is 1.81. The molecule has 5 nitrogen and oxygen atoms in total. The fourth-order valence-corrected chi connectivity index (χ4v) is 2.57. The summed E-state index contributed by atoms with van der Waals surface area (Å²) in [5, 5.41) is 11.6. The van der Waals surface area contributed by atoms with E-state index in [0.717, 1.165) is 32.1 Å². The number of aliphatic carboxylic acids is 1. The fourth-order valence-electron chi connectivity index (χ4n) is 2.57. The van der Waals surface area contributed by atoms with Gasteiger partial charge >= 0.3 is 5.97 Å². The normalized spacial score (nSPS) is 19.1. The van der Waals surface area contributed by atoms with Gasteiger partial charge in [-0.2, -0.15) is 0 Å². The summed E-state index contributed by atoms with van der Waals surface area (Å²) < 4.78 is 5.36. The van der Waals surface area contributed by atoms with Crippen molar-refractivity contribution in [3.63, 3.8) is 0 Å². The van der Waals surface area contributed by atoms with Gasteiger partial charge in [-0.1, -0.05) is 19.8 Å². The molecule has 1 aliphatic rings. The maximum Gasteiger partial charge on any atom is 0.308 e. The highest BCUT2D eigenvalue weighted by molar-refractivity contribution is 5.83. The van der Waals surface area contributed by atoms with Gasteiger partial charge in [0.15, 0.2) is 0 Å². The van der Waals surface area contributed by atoms with Crippen molar-refractivity contribution in [1.82, 2.24) is 5.32 Å². The van der Waals surface area contributed by atoms with Crippen molar-refractivity contribution >= 4 is 11.9 Å². The quantitative estimate of drug-likeness (QED) is 0.660. The number of carboxylic acids is 1. The summed E-state index contributed by atoms with van der Waals surface area (Å²) in [7, 11) is 0. The summed E-state index contributed by atoms with van der Waals surface area (Å²) in [6.07, 6.45) is 4.62. The van der Waals surface area contributed by atoms with Crippen LogP contribution in [0.15, 0.2) is 0 Å². The third-order valence-electron chi connectivity index (χ3n) is 3.96. The Morgan fingerprint density at radius 3 is 2.53 bits per heavy atom. The van der Waals surface area contributed by atoms with E-state index in [1.54, 1.807) is 6.92 Å². The number of carbonyl (C=O) groups excluding carboxylic acids is 1. The number of carbonyl (C=O) groups is 2. The average molecular weight is 271 g/mol. The van der Waals surface area contributed by atoms with Crippen molar-refractivity contribution in [1.29, 1.82) is 0 Å². The second kappa shape index (κ2) is 7.48. The third-order valence-corrected chi connectivity index (χ3v) is 3.96. The van der Waals surface area contributed by atoms with Crippen LogP contribution in [0.2, 0.25) is 0 Å². The van der Waals surface area contributed by atoms with Gasteiger partial charge in [0.05, 0.1) is 11.3 Å². The van der Waals surface area contributed by atoms with Crippen LogP contribution in [0.25, 0.3) is 0 Å². The topological polar surface area (TPSA) is 75.6 Å². The lowest BCUT2D eigenvalue weighted by Crippen LogP contribution is -2.42. The molecule has 0 aromatic rings. The zero-order chi connectivity index (χ0) is 14.3. The van der Waals surface area contributed by atoms with Gasteiger partial charge in [0.2, 0.25) is 5.91 Å². The molecule has 1 saturated carbocycles. The Morgan fingerprint density at radius 2 is 2.00 bits per heavy atom. The second-order valence-corrected chi connectivity index (χ2v) is 5.38. The van der Waals surface area contributed by atoms with Gasteiger partial charge in [-0.3, -0.25) is 9.59 Å². The first-order chi connectivity index (χ1) is 9.02. The Hall–Kier alpha value is -1.10. The van der Waals surface area contributed by atoms with Crippen LogP contribution in [0.1, 0.15) is 46.0 Å². The highest BCUT2D eigenvalue weighted by Gasteiger charge is 2.40. The standard InChI is InChI=1S/C14H25NO4/c1-3-19-9-8-14(6-4-5-7-14)13(18)15-10-11(2)12(16)17/h11H,3-10H2,1-2H3,(H,15,18)(H,16,17). The van der Waals surface area contributed by atoms with Gasteiger partial charge in [0.1, 0.15) is 0 Å². The molecule has 19 heavy (non-hydrogen) atoms. The van der Waals surface area contributed by atoms with E-state index in [-0.39, 0.29) is 17.9 Å². The molecule has 5 heteroatoms. The van der Waals surface area contributed by atoms with Crippen LogP contribution in [-0.4, -0.2) is 36.7 Å². The Balaban J connectivity index is 2.50. The number of hydrogen-bond donors (Lipinski definition) is 2. The van der Waals surface area contributed by atoms with Crippen LogP contribution in [0.3, 0.4) is 0 Å². The Bertz CT molecular complexity index is 311. The Kier molecular flexibility index (Phi) is 6.28. The van der Waals surface area contributed by atoms with Gasteiger partial charge in [0.25, 0.3) is 0 Å². The predicted molar refractivity (Wildman–Crippen MR) is 71.8 cm³/mol. The van der Waals surface area contributed by atoms with Gasteiger partial charge in [0, 0.05) is 19.8 Å². The van der Waals surface area contributed by atoms with E-state index in [9.17, 15) is 9.59 Å². The number of rotatable bonds is 8. The lowest BCUT2D eigenvalue weighted by Gasteiger charge is -2.28. The molecule has 0 aromatic heterocycles. The summed E-state index contributed by atoms with van der Waals surface area (Å²) in [6, 6.07) is 0. The molecule has 1 rings (SSSR count). The Labute approximate surface area is 114 Å². The zero-order valence-electron chi connectivity index (χ0n) is 11.9. The number of nitrogens with one attached hydrogen (secondary N) is 1. The van der Waals surface area contributed by atoms with Crippen molar-refractivity contribution in [2.75, 3.05) is 19.8 Å². The number of hydrogen-bond acceptors (Lipinski definition) is 3. The second-order valence-electron chi connectivity index (χ2n) is 5.38. The van der Waals surface area contributed by atoms with E-state index in [0.29, 0.717) is 13.2 Å². The molecule has 0 spiro atoms. The van der Waals surface area contributed by atoms with E-state index < -0.39 is 11.9 Å². The van der Waals surface area contributed by atoms with Crippen LogP contribution in [0, 0.1) is 11.3 Å². The molecule has 1 unspecified atom stereocenters. The minimum atomic E-state index is -0.880. The number of ether oxygens (including phenoxy) is 1. The molecule has 0 radical (unpaired) electrons. The first-order valence-corrected chi connectivity index (χ1v) is 7.10. The summed E-state index contributed by atoms with van der Waals surface area (Å²) in [6.45, 7) is 5.00. The molecule has 0 aliphatic heterocycles. The van der Waals surface area contributed by atoms with Crippen LogP contribution in [0.4, 0.5) is 0 Å². The van der Waals surface area contributed by atoms with Crippen LogP contribution in [0.5, 0.6) is 0 Å². The molecule has 1 amide bonds. The summed E-state index contributed by atoms with van der Waals surface area (Å²) >= 11 is 0. The molecular formula is C14H25NO4. The fraction of sp³-hybridized carbons (Fsp3) is 0.857. The molecule has 1 fully saturated rings. The monoisotopic (exact) mass is 271 g/mol. The van der Waals surface area contributed by atoms with Crippen molar-refractivity contribution in [3.8, 4) is 0 Å². The molecule has 0 heterocycles. The maximum absolute atomic E-state index is 12.3. The first kappa shape index (κ1) is 16.0. The molecule has 0 saturated heterocycles. The van der Waals surface area contributed by atoms with Crippen molar-refractivity contribution in [2.45, 2.75) is 46.0 Å². The van der Waals surface area contributed by atoms with Crippen molar-refractivity contribution in [3.05, 3.63) is 0 Å². The molecule has 1 atom stereocenters. The molecule has 0 bridgehead atoms. The SMILES string of the molecule is CCOCCC1(C(=O)NCC(C)C(=O)O)CCCC1. The van der Waals surface area contributed by atoms with E-state index in [1.165, 1.54) is 0 Å². The van der Waals surface area contributed by atoms with Crippen LogP contribution >= 0.6 is 0 Å². The van der Waals surface area contributed by atoms with E-state index in [2.05, 4.69) is 5.32 Å².